The Kier molecular flexibility index (Phi) is 5.33. The Morgan fingerprint density at radius 1 is 1.38 bits per heavy atom. The number of aryl methyl sites for hydroxylation is 1. The highest BCUT2D eigenvalue weighted by molar-refractivity contribution is 7.91. The summed E-state index contributed by atoms with van der Waals surface area (Å²) in [5.74, 6) is -1.17. The lowest BCUT2D eigenvalue weighted by atomic mass is 10.2. The van der Waals surface area contributed by atoms with E-state index in [1.807, 2.05) is 6.07 Å². The van der Waals surface area contributed by atoms with Crippen molar-refractivity contribution in [2.45, 2.75) is 19.4 Å². The minimum absolute atomic E-state index is 0.0636. The summed E-state index contributed by atoms with van der Waals surface area (Å²) in [7, 11) is -3.08. The number of hydrogen-bond donors (Lipinski definition) is 1. The highest BCUT2D eigenvalue weighted by Crippen LogP contribution is 2.26. The Morgan fingerprint density at radius 2 is 2.19 bits per heavy atom. The Balaban J connectivity index is 1.57. The molecule has 1 aliphatic rings. The molecule has 138 valence electrons. The van der Waals surface area contributed by atoms with Gasteiger partial charge in [-0.05, 0) is 25.5 Å². The third-order valence-electron chi connectivity index (χ3n) is 3.80. The zero-order chi connectivity index (χ0) is 18.7. The van der Waals surface area contributed by atoms with Gasteiger partial charge in [-0.15, -0.1) is 11.3 Å². The molecule has 26 heavy (non-hydrogen) atoms. The number of amides is 1. The Labute approximate surface area is 154 Å². The first-order chi connectivity index (χ1) is 12.3. The molecule has 1 amide bonds. The Hall–Kier alpha value is -2.33. The second-order valence-corrected chi connectivity index (χ2v) is 9.12. The first kappa shape index (κ1) is 18.5. The fourth-order valence-corrected chi connectivity index (χ4v) is 5.17. The van der Waals surface area contributed by atoms with Crippen molar-refractivity contribution in [1.29, 1.82) is 0 Å². The van der Waals surface area contributed by atoms with E-state index in [1.165, 1.54) is 0 Å². The number of ether oxygens (including phenoxy) is 1. The van der Waals surface area contributed by atoms with Crippen LogP contribution in [-0.4, -0.2) is 54.4 Å². The third kappa shape index (κ3) is 4.44. The second kappa shape index (κ2) is 7.50. The highest BCUT2D eigenvalue weighted by atomic mass is 32.2. The number of carbonyl (C=O) groups excluding carboxylic acids is 2. The van der Waals surface area contributed by atoms with Crippen molar-refractivity contribution in [3.63, 3.8) is 0 Å². The van der Waals surface area contributed by atoms with Gasteiger partial charge in [0.2, 0.25) is 0 Å². The van der Waals surface area contributed by atoms with Gasteiger partial charge in [-0.3, -0.25) is 9.78 Å². The van der Waals surface area contributed by atoms with Crippen LogP contribution in [0.2, 0.25) is 0 Å². The number of rotatable bonds is 5. The predicted octanol–water partition coefficient (Wildman–Crippen LogP) is 0.974. The van der Waals surface area contributed by atoms with Crippen molar-refractivity contribution >= 4 is 33.1 Å². The maximum Gasteiger partial charge on any atom is 0.350 e. The average Bonchev–Trinajstić information content (AvgIpc) is 3.15. The van der Waals surface area contributed by atoms with Crippen molar-refractivity contribution in [2.24, 2.45) is 0 Å². The molecule has 3 rings (SSSR count). The lowest BCUT2D eigenvalue weighted by Crippen LogP contribution is -2.38. The van der Waals surface area contributed by atoms with E-state index >= 15 is 0 Å². The molecule has 1 N–H and O–H groups in total. The Morgan fingerprint density at radius 3 is 2.85 bits per heavy atom. The van der Waals surface area contributed by atoms with Gasteiger partial charge in [0.1, 0.15) is 9.88 Å². The molecule has 2 aromatic heterocycles. The molecule has 1 atom stereocenters. The van der Waals surface area contributed by atoms with Crippen LogP contribution in [0, 0.1) is 6.92 Å². The molecule has 1 saturated heterocycles. The van der Waals surface area contributed by atoms with Gasteiger partial charge >= 0.3 is 5.97 Å². The van der Waals surface area contributed by atoms with E-state index in [9.17, 15) is 18.0 Å². The van der Waals surface area contributed by atoms with Crippen molar-refractivity contribution in [1.82, 2.24) is 15.3 Å². The van der Waals surface area contributed by atoms with Gasteiger partial charge in [0.25, 0.3) is 5.91 Å². The van der Waals surface area contributed by atoms with E-state index in [-0.39, 0.29) is 11.5 Å². The number of pyridine rings is 1. The summed E-state index contributed by atoms with van der Waals surface area (Å²) in [5, 5.41) is 3.16. The summed E-state index contributed by atoms with van der Waals surface area (Å²) in [6, 6.07) is 4.97. The normalized spacial score (nSPS) is 18.4. The molecular weight excluding hydrogens is 378 g/mol. The van der Waals surface area contributed by atoms with Crippen LogP contribution >= 0.6 is 11.3 Å². The van der Waals surface area contributed by atoms with Crippen molar-refractivity contribution in [3.8, 4) is 10.7 Å². The van der Waals surface area contributed by atoms with Gasteiger partial charge in [-0.25, -0.2) is 18.2 Å². The summed E-state index contributed by atoms with van der Waals surface area (Å²) < 4.78 is 27.8. The zero-order valence-corrected chi connectivity index (χ0v) is 15.6. The largest absolute Gasteiger partial charge is 0.451 e. The summed E-state index contributed by atoms with van der Waals surface area (Å²) in [5.41, 5.74) is 1.16. The molecule has 10 heteroatoms. The van der Waals surface area contributed by atoms with Crippen LogP contribution in [0.4, 0.5) is 0 Å². The zero-order valence-electron chi connectivity index (χ0n) is 14.0. The Bertz CT molecular complexity index is 925. The lowest BCUT2D eigenvalue weighted by molar-refractivity contribution is -0.124. The smallest absolute Gasteiger partial charge is 0.350 e. The van der Waals surface area contributed by atoms with Crippen LogP contribution in [0.1, 0.15) is 21.8 Å². The number of hydrogen-bond acceptors (Lipinski definition) is 8. The number of aromatic nitrogens is 2. The minimum Gasteiger partial charge on any atom is -0.451 e. The molecule has 1 fully saturated rings. The van der Waals surface area contributed by atoms with Crippen LogP contribution < -0.4 is 5.32 Å². The molecule has 0 radical (unpaired) electrons. The molecule has 0 bridgehead atoms. The molecule has 0 spiro atoms. The second-order valence-electron chi connectivity index (χ2n) is 5.89. The van der Waals surface area contributed by atoms with Crippen molar-refractivity contribution in [2.75, 3.05) is 18.1 Å². The third-order valence-corrected chi connectivity index (χ3v) is 6.73. The van der Waals surface area contributed by atoms with Crippen LogP contribution in [0.5, 0.6) is 0 Å². The van der Waals surface area contributed by atoms with Gasteiger partial charge in [-0.2, -0.15) is 0 Å². The fourth-order valence-electron chi connectivity index (χ4n) is 2.56. The standard InChI is InChI=1S/C16H17N3O5S2/c1-10-14(25-15(18-10)12-4-2-3-6-17-12)16(21)24-8-13(20)19-11-5-7-26(22,23)9-11/h2-4,6,11H,5,7-9H2,1H3,(H,19,20)/t11-/m0/s1. The lowest BCUT2D eigenvalue weighted by Gasteiger charge is -2.10. The molecule has 1 aliphatic heterocycles. The number of nitrogens with zero attached hydrogens (tertiary/aromatic N) is 2. The maximum atomic E-state index is 12.2. The van der Waals surface area contributed by atoms with Crippen LogP contribution in [0.15, 0.2) is 24.4 Å². The topological polar surface area (TPSA) is 115 Å². The molecule has 0 unspecified atom stereocenters. The highest BCUT2D eigenvalue weighted by Gasteiger charge is 2.29. The minimum atomic E-state index is -3.08. The van der Waals surface area contributed by atoms with Gasteiger partial charge in [0, 0.05) is 12.2 Å². The molecule has 0 saturated carbocycles. The van der Waals surface area contributed by atoms with E-state index in [1.54, 1.807) is 25.3 Å². The predicted molar refractivity (Wildman–Crippen MR) is 95.6 cm³/mol. The SMILES string of the molecule is Cc1nc(-c2ccccn2)sc1C(=O)OCC(=O)N[C@H]1CCS(=O)(=O)C1. The first-order valence-corrected chi connectivity index (χ1v) is 10.5. The summed E-state index contributed by atoms with van der Waals surface area (Å²) in [4.78, 5) is 32.9. The number of carbonyl (C=O) groups is 2. The van der Waals surface area contributed by atoms with Crippen molar-refractivity contribution in [3.05, 3.63) is 35.0 Å². The molecule has 3 heterocycles. The number of sulfone groups is 1. The van der Waals surface area contributed by atoms with Gasteiger partial charge in [-0.1, -0.05) is 6.07 Å². The molecule has 2 aromatic rings. The van der Waals surface area contributed by atoms with E-state index in [0.29, 0.717) is 27.7 Å². The molecule has 0 aromatic carbocycles. The molecule has 0 aliphatic carbocycles. The first-order valence-electron chi connectivity index (χ1n) is 7.90. The van der Waals surface area contributed by atoms with Gasteiger partial charge in [0.15, 0.2) is 16.4 Å². The van der Waals surface area contributed by atoms with Crippen molar-refractivity contribution < 1.29 is 22.7 Å². The van der Waals surface area contributed by atoms with E-state index in [0.717, 1.165) is 11.3 Å². The number of nitrogens with one attached hydrogen (secondary N) is 1. The summed E-state index contributed by atoms with van der Waals surface area (Å²) in [6.07, 6.45) is 2.01. The monoisotopic (exact) mass is 395 g/mol. The number of esters is 1. The number of thiazole rings is 1. The quantitative estimate of drug-likeness (QED) is 0.750. The van der Waals surface area contributed by atoms with E-state index < -0.39 is 34.4 Å². The van der Waals surface area contributed by atoms with Crippen LogP contribution in [-0.2, 0) is 19.4 Å². The van der Waals surface area contributed by atoms with Gasteiger partial charge < -0.3 is 10.1 Å². The fraction of sp³-hybridized carbons (Fsp3) is 0.375. The molecule has 8 nitrogen and oxygen atoms in total. The van der Waals surface area contributed by atoms with E-state index in [2.05, 4.69) is 15.3 Å². The van der Waals surface area contributed by atoms with Gasteiger partial charge in [0.05, 0.1) is 22.9 Å². The summed E-state index contributed by atoms with van der Waals surface area (Å²) in [6.45, 7) is 1.22. The molecular formula is C16H17N3O5S2. The van der Waals surface area contributed by atoms with Crippen LogP contribution in [0.3, 0.4) is 0 Å². The maximum absolute atomic E-state index is 12.2. The average molecular weight is 395 g/mol. The van der Waals surface area contributed by atoms with E-state index in [4.69, 9.17) is 4.74 Å². The van der Waals surface area contributed by atoms with Crippen LogP contribution in [0.25, 0.3) is 10.7 Å². The summed E-state index contributed by atoms with van der Waals surface area (Å²) >= 11 is 1.15.